The van der Waals surface area contributed by atoms with Crippen molar-refractivity contribution >= 4 is 17.3 Å². The monoisotopic (exact) mass is 309 g/mol. The molecular weight excluding hydrogens is 282 g/mol. The summed E-state index contributed by atoms with van der Waals surface area (Å²) in [5.74, 6) is -0.264. The zero-order valence-electron chi connectivity index (χ0n) is 13.5. The van der Waals surface area contributed by atoms with Gasteiger partial charge in [-0.3, -0.25) is 9.69 Å². The Morgan fingerprint density at radius 2 is 2.14 bits per heavy atom. The largest absolute Gasteiger partial charge is 0.481 e. The third-order valence-electron chi connectivity index (χ3n) is 4.94. The molecule has 21 heavy (non-hydrogen) atoms. The number of carboxylic acids is 1. The second kappa shape index (κ2) is 6.49. The number of rotatable bonds is 4. The summed E-state index contributed by atoms with van der Waals surface area (Å²) in [7, 11) is 2.07. The molecule has 0 aromatic carbocycles. The van der Waals surface area contributed by atoms with Crippen molar-refractivity contribution < 1.29 is 9.90 Å². The van der Waals surface area contributed by atoms with Gasteiger partial charge in [0.1, 0.15) is 0 Å². The van der Waals surface area contributed by atoms with E-state index in [1.807, 2.05) is 0 Å². The molecule has 1 aromatic rings. The van der Waals surface area contributed by atoms with Crippen LogP contribution >= 0.6 is 11.3 Å². The van der Waals surface area contributed by atoms with E-state index < -0.39 is 5.97 Å². The maximum Gasteiger partial charge on any atom is 0.308 e. The first-order valence-corrected chi connectivity index (χ1v) is 8.67. The fourth-order valence-corrected chi connectivity index (χ4v) is 4.16. The van der Waals surface area contributed by atoms with Crippen LogP contribution in [0.1, 0.15) is 45.6 Å². The summed E-state index contributed by atoms with van der Waals surface area (Å²) in [6.45, 7) is 7.66. The van der Waals surface area contributed by atoms with Crippen molar-refractivity contribution in [3.63, 3.8) is 0 Å². The SMILES string of the molecule is CN(Cc1ccsc1)C1CC(C(C)(C)C)CCC1C(=O)O. The molecule has 1 heterocycles. The highest BCUT2D eigenvalue weighted by Crippen LogP contribution is 2.41. The van der Waals surface area contributed by atoms with Gasteiger partial charge in [-0.05, 0) is 60.0 Å². The second-order valence-electron chi connectivity index (χ2n) is 7.43. The van der Waals surface area contributed by atoms with Crippen molar-refractivity contribution in [1.29, 1.82) is 0 Å². The van der Waals surface area contributed by atoms with Crippen molar-refractivity contribution in [1.82, 2.24) is 4.90 Å². The Kier molecular flexibility index (Phi) is 5.10. The van der Waals surface area contributed by atoms with E-state index in [0.29, 0.717) is 5.92 Å². The van der Waals surface area contributed by atoms with Crippen LogP contribution in [0.15, 0.2) is 16.8 Å². The number of hydrogen-bond donors (Lipinski definition) is 1. The highest BCUT2D eigenvalue weighted by atomic mass is 32.1. The van der Waals surface area contributed by atoms with Crippen LogP contribution in [0.2, 0.25) is 0 Å². The minimum atomic E-state index is -0.635. The van der Waals surface area contributed by atoms with Crippen LogP contribution < -0.4 is 0 Å². The summed E-state index contributed by atoms with van der Waals surface area (Å²) in [6.07, 6.45) is 2.82. The van der Waals surface area contributed by atoms with Gasteiger partial charge in [0.05, 0.1) is 5.92 Å². The van der Waals surface area contributed by atoms with E-state index in [2.05, 4.69) is 49.5 Å². The van der Waals surface area contributed by atoms with Crippen molar-refractivity contribution in [2.45, 2.75) is 52.6 Å². The first-order valence-electron chi connectivity index (χ1n) is 7.73. The minimum Gasteiger partial charge on any atom is -0.481 e. The number of carbonyl (C=O) groups is 1. The van der Waals surface area contributed by atoms with Gasteiger partial charge in [0, 0.05) is 12.6 Å². The molecule has 0 saturated heterocycles. The van der Waals surface area contributed by atoms with E-state index in [1.165, 1.54) is 5.56 Å². The number of carboxylic acid groups (broad SMARTS) is 1. The molecule has 0 amide bonds. The van der Waals surface area contributed by atoms with E-state index in [9.17, 15) is 9.90 Å². The van der Waals surface area contributed by atoms with Crippen molar-refractivity contribution in [2.75, 3.05) is 7.05 Å². The van der Waals surface area contributed by atoms with E-state index in [1.54, 1.807) is 11.3 Å². The average molecular weight is 309 g/mol. The maximum atomic E-state index is 11.6. The Labute approximate surface area is 132 Å². The number of thiophene rings is 1. The highest BCUT2D eigenvalue weighted by molar-refractivity contribution is 7.07. The second-order valence-corrected chi connectivity index (χ2v) is 8.21. The van der Waals surface area contributed by atoms with Crippen molar-refractivity contribution in [2.24, 2.45) is 17.3 Å². The lowest BCUT2D eigenvalue weighted by molar-refractivity contribution is -0.146. The summed E-state index contributed by atoms with van der Waals surface area (Å²) in [5.41, 5.74) is 1.54. The average Bonchev–Trinajstić information content (AvgIpc) is 2.89. The van der Waals surface area contributed by atoms with Gasteiger partial charge in [0.15, 0.2) is 0 Å². The molecule has 3 nitrogen and oxygen atoms in total. The third-order valence-corrected chi connectivity index (χ3v) is 5.67. The zero-order chi connectivity index (χ0) is 15.6. The lowest BCUT2D eigenvalue weighted by atomic mass is 9.67. The molecule has 3 unspecified atom stereocenters. The topological polar surface area (TPSA) is 40.5 Å². The van der Waals surface area contributed by atoms with Gasteiger partial charge < -0.3 is 5.11 Å². The maximum absolute atomic E-state index is 11.6. The van der Waals surface area contributed by atoms with Gasteiger partial charge in [-0.1, -0.05) is 20.8 Å². The van der Waals surface area contributed by atoms with E-state index >= 15 is 0 Å². The molecule has 118 valence electrons. The van der Waals surface area contributed by atoms with E-state index in [4.69, 9.17) is 0 Å². The Morgan fingerprint density at radius 1 is 1.43 bits per heavy atom. The molecule has 1 aliphatic rings. The molecular formula is C17H27NO2S. The Hall–Kier alpha value is -0.870. The quantitative estimate of drug-likeness (QED) is 0.910. The highest BCUT2D eigenvalue weighted by Gasteiger charge is 2.40. The van der Waals surface area contributed by atoms with Gasteiger partial charge in [-0.2, -0.15) is 11.3 Å². The molecule has 4 heteroatoms. The van der Waals surface area contributed by atoms with Gasteiger partial charge in [0.2, 0.25) is 0 Å². The molecule has 0 bridgehead atoms. The summed E-state index contributed by atoms with van der Waals surface area (Å²) in [6, 6.07) is 2.27. The van der Waals surface area contributed by atoms with E-state index in [0.717, 1.165) is 25.8 Å². The molecule has 1 N–H and O–H groups in total. The first-order chi connectivity index (χ1) is 9.79. The normalized spacial score (nSPS) is 27.0. The Bertz CT molecular complexity index is 464. The van der Waals surface area contributed by atoms with Gasteiger partial charge in [0.25, 0.3) is 0 Å². The molecule has 0 radical (unpaired) electrons. The van der Waals surface area contributed by atoms with Gasteiger partial charge in [-0.15, -0.1) is 0 Å². The minimum absolute atomic E-state index is 0.139. The summed E-state index contributed by atoms with van der Waals surface area (Å²) in [5, 5.41) is 13.8. The molecule has 1 aromatic heterocycles. The molecule has 1 fully saturated rings. The molecule has 1 saturated carbocycles. The molecule has 3 atom stereocenters. The third kappa shape index (κ3) is 4.07. The fraction of sp³-hybridized carbons (Fsp3) is 0.706. The standard InChI is InChI=1S/C17H27NO2S/c1-17(2,3)13-5-6-14(16(19)20)15(9-13)18(4)10-12-7-8-21-11-12/h7-8,11,13-15H,5-6,9-10H2,1-4H3,(H,19,20). The molecule has 0 spiro atoms. The van der Waals surface area contributed by atoms with Crippen LogP contribution in [-0.4, -0.2) is 29.1 Å². The van der Waals surface area contributed by atoms with Gasteiger partial charge >= 0.3 is 5.97 Å². The van der Waals surface area contributed by atoms with Crippen LogP contribution in [0.25, 0.3) is 0 Å². The molecule has 1 aliphatic carbocycles. The van der Waals surface area contributed by atoms with Crippen LogP contribution in [0, 0.1) is 17.3 Å². The number of hydrogen-bond acceptors (Lipinski definition) is 3. The predicted molar refractivity (Wildman–Crippen MR) is 87.5 cm³/mol. The first kappa shape index (κ1) is 16.5. The number of aliphatic carboxylic acids is 1. The van der Waals surface area contributed by atoms with Gasteiger partial charge in [-0.25, -0.2) is 0 Å². The fourth-order valence-electron chi connectivity index (χ4n) is 3.50. The predicted octanol–water partition coefficient (Wildman–Crippen LogP) is 4.10. The van der Waals surface area contributed by atoms with Crippen LogP contribution in [0.5, 0.6) is 0 Å². The number of nitrogens with zero attached hydrogens (tertiary/aromatic N) is 1. The smallest absolute Gasteiger partial charge is 0.308 e. The van der Waals surface area contributed by atoms with Crippen LogP contribution in [-0.2, 0) is 11.3 Å². The Morgan fingerprint density at radius 3 is 2.67 bits per heavy atom. The van der Waals surface area contributed by atoms with Crippen LogP contribution in [0.3, 0.4) is 0 Å². The summed E-state index contributed by atoms with van der Waals surface area (Å²) < 4.78 is 0. The van der Waals surface area contributed by atoms with E-state index in [-0.39, 0.29) is 17.4 Å². The summed E-state index contributed by atoms with van der Waals surface area (Å²) in [4.78, 5) is 13.9. The lowest BCUT2D eigenvalue weighted by Gasteiger charge is -2.43. The molecule has 2 rings (SSSR count). The van der Waals surface area contributed by atoms with Crippen molar-refractivity contribution in [3.8, 4) is 0 Å². The lowest BCUT2D eigenvalue weighted by Crippen LogP contribution is -2.47. The Balaban J connectivity index is 2.11. The van der Waals surface area contributed by atoms with Crippen molar-refractivity contribution in [3.05, 3.63) is 22.4 Å². The van der Waals surface area contributed by atoms with Crippen LogP contribution in [0.4, 0.5) is 0 Å². The molecule has 0 aliphatic heterocycles. The zero-order valence-corrected chi connectivity index (χ0v) is 14.3. The summed E-state index contributed by atoms with van der Waals surface area (Å²) >= 11 is 1.70.